The second-order valence-corrected chi connectivity index (χ2v) is 6.73. The SMILES string of the molecule is CCCNCCCS(=O)(=O)N(C)Cc1cccnc1. The van der Waals surface area contributed by atoms with Gasteiger partial charge >= 0.3 is 0 Å². The van der Waals surface area contributed by atoms with E-state index in [1.807, 2.05) is 12.1 Å². The van der Waals surface area contributed by atoms with Crippen LogP contribution in [0, 0.1) is 0 Å². The smallest absolute Gasteiger partial charge is 0.214 e. The van der Waals surface area contributed by atoms with E-state index in [-0.39, 0.29) is 5.75 Å². The molecule has 1 aromatic heterocycles. The van der Waals surface area contributed by atoms with E-state index in [0.717, 1.165) is 25.1 Å². The quantitative estimate of drug-likeness (QED) is 0.693. The van der Waals surface area contributed by atoms with Gasteiger partial charge in [-0.3, -0.25) is 4.98 Å². The van der Waals surface area contributed by atoms with Gasteiger partial charge in [0.1, 0.15) is 0 Å². The van der Waals surface area contributed by atoms with Gasteiger partial charge in [-0.1, -0.05) is 13.0 Å². The summed E-state index contributed by atoms with van der Waals surface area (Å²) in [4.78, 5) is 3.98. The Morgan fingerprint density at radius 3 is 2.79 bits per heavy atom. The third-order valence-electron chi connectivity index (χ3n) is 2.79. The molecule has 0 atom stereocenters. The highest BCUT2D eigenvalue weighted by molar-refractivity contribution is 7.89. The molecule has 5 nitrogen and oxygen atoms in total. The van der Waals surface area contributed by atoms with Crippen LogP contribution in [0.1, 0.15) is 25.3 Å². The van der Waals surface area contributed by atoms with Gasteiger partial charge in [0.25, 0.3) is 0 Å². The zero-order valence-corrected chi connectivity index (χ0v) is 12.5. The number of nitrogens with one attached hydrogen (secondary N) is 1. The van der Waals surface area contributed by atoms with Crippen LogP contribution in [0.2, 0.25) is 0 Å². The van der Waals surface area contributed by atoms with Crippen molar-refractivity contribution in [2.45, 2.75) is 26.3 Å². The molecule has 6 heteroatoms. The second-order valence-electron chi connectivity index (χ2n) is 4.54. The molecule has 0 radical (unpaired) electrons. The van der Waals surface area contributed by atoms with Gasteiger partial charge in [0, 0.05) is 26.0 Å². The van der Waals surface area contributed by atoms with Gasteiger partial charge in [-0.05, 0) is 37.6 Å². The van der Waals surface area contributed by atoms with Gasteiger partial charge in [0.15, 0.2) is 0 Å². The normalized spacial score (nSPS) is 11.9. The number of hydrogen-bond acceptors (Lipinski definition) is 4. The summed E-state index contributed by atoms with van der Waals surface area (Å²) in [5.74, 6) is 0.181. The number of rotatable bonds is 9. The highest BCUT2D eigenvalue weighted by Crippen LogP contribution is 2.07. The first-order valence-electron chi connectivity index (χ1n) is 6.60. The summed E-state index contributed by atoms with van der Waals surface area (Å²) in [6, 6.07) is 3.69. The molecule has 0 aliphatic rings. The van der Waals surface area contributed by atoms with Gasteiger partial charge in [0.2, 0.25) is 10.0 Å². The van der Waals surface area contributed by atoms with Crippen molar-refractivity contribution in [2.24, 2.45) is 0 Å². The third-order valence-corrected chi connectivity index (χ3v) is 4.67. The Hall–Kier alpha value is -0.980. The lowest BCUT2D eigenvalue weighted by Crippen LogP contribution is -2.30. The van der Waals surface area contributed by atoms with Crippen molar-refractivity contribution in [1.29, 1.82) is 0 Å². The molecule has 19 heavy (non-hydrogen) atoms. The first kappa shape index (κ1) is 16.1. The first-order chi connectivity index (χ1) is 9.06. The predicted molar refractivity (Wildman–Crippen MR) is 77.3 cm³/mol. The van der Waals surface area contributed by atoms with Crippen LogP contribution >= 0.6 is 0 Å². The van der Waals surface area contributed by atoms with E-state index in [4.69, 9.17) is 0 Å². The standard InChI is InChI=1S/C13H23N3O2S/c1-3-7-14-9-5-10-19(17,18)16(2)12-13-6-4-8-15-11-13/h4,6,8,11,14H,3,5,7,9-10,12H2,1-2H3. The Kier molecular flexibility index (Phi) is 6.97. The summed E-state index contributed by atoms with van der Waals surface area (Å²) in [5, 5.41) is 3.20. The van der Waals surface area contributed by atoms with Gasteiger partial charge < -0.3 is 5.32 Å². The Bertz CT molecular complexity index is 448. The van der Waals surface area contributed by atoms with E-state index in [2.05, 4.69) is 17.2 Å². The molecule has 0 amide bonds. The van der Waals surface area contributed by atoms with Crippen molar-refractivity contribution in [3.63, 3.8) is 0 Å². The Balaban J connectivity index is 2.39. The van der Waals surface area contributed by atoms with Crippen molar-refractivity contribution in [1.82, 2.24) is 14.6 Å². The summed E-state index contributed by atoms with van der Waals surface area (Å²) in [6.45, 7) is 4.14. The first-order valence-corrected chi connectivity index (χ1v) is 8.21. The number of nitrogens with zero attached hydrogens (tertiary/aromatic N) is 2. The zero-order chi connectivity index (χ0) is 14.1. The molecule has 0 aliphatic heterocycles. The zero-order valence-electron chi connectivity index (χ0n) is 11.7. The molecule has 0 aromatic carbocycles. The van der Waals surface area contributed by atoms with E-state index < -0.39 is 10.0 Å². The fourth-order valence-electron chi connectivity index (χ4n) is 1.68. The van der Waals surface area contributed by atoms with E-state index in [1.54, 1.807) is 19.4 Å². The lowest BCUT2D eigenvalue weighted by molar-refractivity contribution is 0.464. The van der Waals surface area contributed by atoms with Crippen molar-refractivity contribution < 1.29 is 8.42 Å². The highest BCUT2D eigenvalue weighted by Gasteiger charge is 2.17. The van der Waals surface area contributed by atoms with Gasteiger partial charge in [-0.15, -0.1) is 0 Å². The van der Waals surface area contributed by atoms with Crippen LogP contribution < -0.4 is 5.32 Å². The largest absolute Gasteiger partial charge is 0.317 e. The molecule has 108 valence electrons. The molecule has 1 aromatic rings. The number of aromatic nitrogens is 1. The number of sulfonamides is 1. The minimum atomic E-state index is -3.18. The summed E-state index contributed by atoms with van der Waals surface area (Å²) in [5.41, 5.74) is 0.901. The average molecular weight is 285 g/mol. The summed E-state index contributed by atoms with van der Waals surface area (Å²) >= 11 is 0. The fraction of sp³-hybridized carbons (Fsp3) is 0.615. The van der Waals surface area contributed by atoms with Gasteiger partial charge in [-0.2, -0.15) is 0 Å². The lowest BCUT2D eigenvalue weighted by atomic mass is 10.3. The monoisotopic (exact) mass is 285 g/mol. The van der Waals surface area contributed by atoms with Gasteiger partial charge in [-0.25, -0.2) is 12.7 Å². The topological polar surface area (TPSA) is 62.3 Å². The molecule has 0 spiro atoms. The minimum absolute atomic E-state index is 0.181. The van der Waals surface area contributed by atoms with Crippen LogP contribution in [0.5, 0.6) is 0 Å². The second kappa shape index (κ2) is 8.24. The summed E-state index contributed by atoms with van der Waals surface area (Å²) in [6.07, 6.45) is 5.07. The highest BCUT2D eigenvalue weighted by atomic mass is 32.2. The molecular formula is C13H23N3O2S. The third kappa shape index (κ3) is 6.13. The van der Waals surface area contributed by atoms with Crippen molar-refractivity contribution >= 4 is 10.0 Å². The molecule has 0 unspecified atom stereocenters. The maximum Gasteiger partial charge on any atom is 0.214 e. The Morgan fingerprint density at radius 2 is 2.16 bits per heavy atom. The van der Waals surface area contributed by atoms with Crippen LogP contribution in [0.3, 0.4) is 0 Å². The Morgan fingerprint density at radius 1 is 1.37 bits per heavy atom. The minimum Gasteiger partial charge on any atom is -0.317 e. The maximum atomic E-state index is 12.0. The molecule has 1 heterocycles. The van der Waals surface area contributed by atoms with Crippen LogP contribution in [0.15, 0.2) is 24.5 Å². The fourth-order valence-corrected chi connectivity index (χ4v) is 2.85. The molecule has 0 saturated heterocycles. The van der Waals surface area contributed by atoms with E-state index in [0.29, 0.717) is 13.0 Å². The van der Waals surface area contributed by atoms with E-state index in [9.17, 15) is 8.42 Å². The Labute approximate surface area is 116 Å². The van der Waals surface area contributed by atoms with Crippen LogP contribution in [0.25, 0.3) is 0 Å². The molecule has 1 rings (SSSR count). The number of hydrogen-bond donors (Lipinski definition) is 1. The van der Waals surface area contributed by atoms with E-state index >= 15 is 0 Å². The van der Waals surface area contributed by atoms with Crippen molar-refractivity contribution in [3.8, 4) is 0 Å². The molecule has 1 N–H and O–H groups in total. The van der Waals surface area contributed by atoms with Crippen LogP contribution in [-0.4, -0.2) is 43.6 Å². The maximum absolute atomic E-state index is 12.0. The summed E-state index contributed by atoms with van der Waals surface area (Å²) in [7, 11) is -1.57. The van der Waals surface area contributed by atoms with Crippen LogP contribution in [0.4, 0.5) is 0 Å². The lowest BCUT2D eigenvalue weighted by Gasteiger charge is -2.17. The molecule has 0 aliphatic carbocycles. The van der Waals surface area contributed by atoms with Crippen molar-refractivity contribution in [2.75, 3.05) is 25.9 Å². The van der Waals surface area contributed by atoms with Crippen LogP contribution in [-0.2, 0) is 16.6 Å². The molecular weight excluding hydrogens is 262 g/mol. The van der Waals surface area contributed by atoms with E-state index in [1.165, 1.54) is 4.31 Å². The van der Waals surface area contributed by atoms with Crippen molar-refractivity contribution in [3.05, 3.63) is 30.1 Å². The molecule has 0 bridgehead atoms. The molecule has 0 saturated carbocycles. The summed E-state index contributed by atoms with van der Waals surface area (Å²) < 4.78 is 25.5. The average Bonchev–Trinajstić information content (AvgIpc) is 2.39. The van der Waals surface area contributed by atoms with Gasteiger partial charge in [0.05, 0.1) is 5.75 Å². The molecule has 0 fully saturated rings. The number of pyridine rings is 1. The predicted octanol–water partition coefficient (Wildman–Crippen LogP) is 1.23.